The number of rotatable bonds is 1. The Balaban J connectivity index is 3.13. The van der Waals surface area contributed by atoms with Gasteiger partial charge in [-0.25, -0.2) is 4.39 Å². The van der Waals surface area contributed by atoms with Gasteiger partial charge in [-0.3, -0.25) is 0 Å². The fraction of sp³-hybridized carbons (Fsp3) is 0.250. The molecule has 57 valence electrons. The van der Waals surface area contributed by atoms with Gasteiger partial charge < -0.3 is 0 Å². The molecule has 1 atom stereocenters. The average Bonchev–Trinajstić information content (AvgIpc) is 1.94. The molecule has 0 heterocycles. The Morgan fingerprint density at radius 2 is 2.18 bits per heavy atom. The average molecular weight is 186 g/mol. The molecule has 3 radical (unpaired) electrons. The Hall–Kier alpha value is -0.343. The van der Waals surface area contributed by atoms with Gasteiger partial charge in [0.05, 0.1) is 0 Å². The van der Waals surface area contributed by atoms with Crippen LogP contribution in [0, 0.1) is 5.82 Å². The molecule has 0 nitrogen and oxygen atoms in total. The molecule has 0 saturated heterocycles. The number of hydrogen-bond acceptors (Lipinski definition) is 0. The molecule has 0 fully saturated rings. The lowest BCUT2D eigenvalue weighted by Crippen LogP contribution is -1.95. The van der Waals surface area contributed by atoms with E-state index in [1.165, 1.54) is 12.1 Å². The molecule has 0 aliphatic rings. The first kappa shape index (κ1) is 8.75. The van der Waals surface area contributed by atoms with Gasteiger partial charge in [0, 0.05) is 15.3 Å². The van der Waals surface area contributed by atoms with Crippen LogP contribution in [0.15, 0.2) is 18.2 Å². The standard InChI is InChI=1S/C8H7ClFSi/c1-5(11)7-4-6(9)2-3-8(7)10/h2-5H,1H3. The third kappa shape index (κ3) is 2.04. The predicted octanol–water partition coefficient (Wildman–Crippen LogP) is 2.71. The predicted molar refractivity (Wildman–Crippen MR) is 45.6 cm³/mol. The molecule has 1 aromatic carbocycles. The fourth-order valence-corrected chi connectivity index (χ4v) is 1.25. The van der Waals surface area contributed by atoms with Crippen LogP contribution >= 0.6 is 11.6 Å². The summed E-state index contributed by atoms with van der Waals surface area (Å²) in [6.45, 7) is 1.85. The summed E-state index contributed by atoms with van der Waals surface area (Å²) in [5.74, 6) is -0.225. The maximum absolute atomic E-state index is 12.9. The molecule has 0 aliphatic carbocycles. The monoisotopic (exact) mass is 185 g/mol. The Kier molecular flexibility index (Phi) is 2.68. The minimum atomic E-state index is -0.225. The Morgan fingerprint density at radius 3 is 2.64 bits per heavy atom. The first-order valence-corrected chi connectivity index (χ1v) is 4.23. The summed E-state index contributed by atoms with van der Waals surface area (Å²) in [7, 11) is 3.32. The Morgan fingerprint density at radius 1 is 1.55 bits per heavy atom. The zero-order valence-corrected chi connectivity index (χ0v) is 7.82. The summed E-state index contributed by atoms with van der Waals surface area (Å²) in [4.78, 5) is 0. The molecule has 0 saturated carbocycles. The van der Waals surface area contributed by atoms with E-state index in [9.17, 15) is 4.39 Å². The lowest BCUT2D eigenvalue weighted by atomic mass is 10.1. The van der Waals surface area contributed by atoms with E-state index in [1.54, 1.807) is 6.07 Å². The molecule has 0 aromatic heterocycles. The maximum atomic E-state index is 12.9. The third-order valence-corrected chi connectivity index (χ3v) is 1.97. The second kappa shape index (κ2) is 3.37. The minimum Gasteiger partial charge on any atom is -0.207 e. The highest BCUT2D eigenvalue weighted by atomic mass is 35.5. The topological polar surface area (TPSA) is 0 Å². The van der Waals surface area contributed by atoms with E-state index in [-0.39, 0.29) is 11.4 Å². The van der Waals surface area contributed by atoms with Gasteiger partial charge in [-0.05, 0) is 29.3 Å². The number of hydrogen-bond donors (Lipinski definition) is 0. The second-order valence-electron chi connectivity index (χ2n) is 2.39. The molecule has 3 heteroatoms. The van der Waals surface area contributed by atoms with Gasteiger partial charge in [-0.2, -0.15) is 0 Å². The van der Waals surface area contributed by atoms with Crippen LogP contribution in [-0.4, -0.2) is 10.2 Å². The van der Waals surface area contributed by atoms with Gasteiger partial charge in [-0.1, -0.05) is 18.5 Å². The van der Waals surface area contributed by atoms with E-state index in [1.807, 2.05) is 6.92 Å². The first-order valence-electron chi connectivity index (χ1n) is 3.27. The highest BCUT2D eigenvalue weighted by Crippen LogP contribution is 2.20. The van der Waals surface area contributed by atoms with Gasteiger partial charge in [0.2, 0.25) is 0 Å². The first-order chi connectivity index (χ1) is 5.11. The number of benzene rings is 1. The Labute approximate surface area is 73.8 Å². The molecule has 11 heavy (non-hydrogen) atoms. The molecule has 0 bridgehead atoms. The van der Waals surface area contributed by atoms with Crippen molar-refractivity contribution in [2.75, 3.05) is 0 Å². The van der Waals surface area contributed by atoms with Crippen molar-refractivity contribution in [2.24, 2.45) is 0 Å². The molecule has 0 spiro atoms. The molecular formula is C8H7ClFSi. The third-order valence-electron chi connectivity index (χ3n) is 1.42. The van der Waals surface area contributed by atoms with Crippen molar-refractivity contribution in [1.29, 1.82) is 0 Å². The van der Waals surface area contributed by atoms with E-state index in [0.717, 1.165) is 0 Å². The van der Waals surface area contributed by atoms with Gasteiger partial charge >= 0.3 is 0 Å². The van der Waals surface area contributed by atoms with E-state index in [2.05, 4.69) is 10.2 Å². The van der Waals surface area contributed by atoms with Gasteiger partial charge in [0.25, 0.3) is 0 Å². The number of halogens is 2. The molecular weight excluding hydrogens is 179 g/mol. The van der Waals surface area contributed by atoms with Crippen molar-refractivity contribution in [1.82, 2.24) is 0 Å². The quantitative estimate of drug-likeness (QED) is 0.591. The summed E-state index contributed by atoms with van der Waals surface area (Å²) in [5, 5.41) is 0.562. The molecule has 1 unspecified atom stereocenters. The molecule has 0 N–H and O–H groups in total. The summed E-state index contributed by atoms with van der Waals surface area (Å²) in [6, 6.07) is 4.53. The molecule has 1 rings (SSSR count). The fourth-order valence-electron chi connectivity index (χ4n) is 0.846. The van der Waals surface area contributed by atoms with Crippen LogP contribution in [0.1, 0.15) is 18.0 Å². The van der Waals surface area contributed by atoms with Crippen molar-refractivity contribution >= 4 is 21.8 Å². The van der Waals surface area contributed by atoms with Gasteiger partial charge in [-0.15, -0.1) is 0 Å². The van der Waals surface area contributed by atoms with E-state index in [4.69, 9.17) is 11.6 Å². The second-order valence-corrected chi connectivity index (χ2v) is 3.69. The van der Waals surface area contributed by atoms with E-state index < -0.39 is 0 Å². The van der Waals surface area contributed by atoms with E-state index in [0.29, 0.717) is 10.6 Å². The van der Waals surface area contributed by atoms with Crippen molar-refractivity contribution in [3.8, 4) is 0 Å². The van der Waals surface area contributed by atoms with Gasteiger partial charge in [0.15, 0.2) is 0 Å². The zero-order chi connectivity index (χ0) is 8.43. The summed E-state index contributed by atoms with van der Waals surface area (Å²) in [5.41, 5.74) is 0.586. The highest BCUT2D eigenvalue weighted by Gasteiger charge is 2.05. The van der Waals surface area contributed by atoms with Crippen LogP contribution in [0.5, 0.6) is 0 Å². The Bertz CT molecular complexity index is 260. The zero-order valence-electron chi connectivity index (χ0n) is 6.07. The summed E-state index contributed by atoms with van der Waals surface area (Å²) < 4.78 is 12.9. The van der Waals surface area contributed by atoms with Crippen LogP contribution < -0.4 is 0 Å². The summed E-state index contributed by atoms with van der Waals surface area (Å²) in [6.07, 6.45) is 0. The highest BCUT2D eigenvalue weighted by molar-refractivity contribution is 6.30. The van der Waals surface area contributed by atoms with Crippen LogP contribution in [0.2, 0.25) is 5.02 Å². The maximum Gasteiger partial charge on any atom is 0.126 e. The van der Waals surface area contributed by atoms with Crippen molar-refractivity contribution in [3.05, 3.63) is 34.6 Å². The smallest absolute Gasteiger partial charge is 0.126 e. The minimum absolute atomic E-state index is 0.00583. The lowest BCUT2D eigenvalue weighted by molar-refractivity contribution is 0.610. The van der Waals surface area contributed by atoms with Crippen molar-refractivity contribution in [3.63, 3.8) is 0 Å². The van der Waals surface area contributed by atoms with Crippen LogP contribution in [0.4, 0.5) is 4.39 Å². The van der Waals surface area contributed by atoms with Crippen molar-refractivity contribution in [2.45, 2.75) is 12.5 Å². The molecule has 1 aromatic rings. The molecule has 0 aliphatic heterocycles. The van der Waals surface area contributed by atoms with Crippen molar-refractivity contribution < 1.29 is 4.39 Å². The van der Waals surface area contributed by atoms with E-state index >= 15 is 0 Å². The normalized spacial score (nSPS) is 13.1. The van der Waals surface area contributed by atoms with Crippen LogP contribution in [0.25, 0.3) is 0 Å². The van der Waals surface area contributed by atoms with Crippen LogP contribution in [-0.2, 0) is 0 Å². The SMILES string of the molecule is CC([Si])c1cc(Cl)ccc1F. The lowest BCUT2D eigenvalue weighted by Gasteiger charge is -2.05. The van der Waals surface area contributed by atoms with Gasteiger partial charge in [0.1, 0.15) is 5.82 Å². The molecule has 0 amide bonds. The summed E-state index contributed by atoms with van der Waals surface area (Å²) >= 11 is 5.67. The van der Waals surface area contributed by atoms with Crippen LogP contribution in [0.3, 0.4) is 0 Å². The largest absolute Gasteiger partial charge is 0.207 e.